The van der Waals surface area contributed by atoms with Gasteiger partial charge in [0.05, 0.1) is 17.5 Å². The highest BCUT2D eigenvalue weighted by molar-refractivity contribution is 8.00. The van der Waals surface area contributed by atoms with E-state index in [1.54, 1.807) is 18.6 Å². The highest BCUT2D eigenvalue weighted by Crippen LogP contribution is 2.18. The predicted octanol–water partition coefficient (Wildman–Crippen LogP) is 1.48. The molecule has 0 bridgehead atoms. The Hall–Kier alpha value is -1.08. The number of nitriles is 1. The predicted molar refractivity (Wildman–Crippen MR) is 43.0 cm³/mol. The smallest absolute Gasteiger partial charge is 0.116 e. The molecule has 0 radical (unpaired) electrons. The molecule has 56 valence electrons. The zero-order valence-corrected chi connectivity index (χ0v) is 6.88. The third-order valence-corrected chi connectivity index (χ3v) is 1.93. The first kappa shape index (κ1) is 8.02. The summed E-state index contributed by atoms with van der Waals surface area (Å²) >= 11 is 1.41. The molecule has 1 atom stereocenters. The zero-order valence-electron chi connectivity index (χ0n) is 6.06. The average molecular weight is 165 g/mol. The van der Waals surface area contributed by atoms with Crippen molar-refractivity contribution in [1.82, 2.24) is 9.97 Å². The normalized spacial score (nSPS) is 12.0. The Morgan fingerprint density at radius 2 is 2.45 bits per heavy atom. The molecule has 1 rings (SSSR count). The molecule has 0 fully saturated rings. The highest BCUT2D eigenvalue weighted by Gasteiger charge is 2.01. The quantitative estimate of drug-likeness (QED) is 0.623. The molecule has 0 saturated heterocycles. The van der Waals surface area contributed by atoms with Gasteiger partial charge in [-0.15, -0.1) is 0 Å². The van der Waals surface area contributed by atoms with Gasteiger partial charge in [-0.25, -0.2) is 4.98 Å². The van der Waals surface area contributed by atoms with Gasteiger partial charge in [0.15, 0.2) is 0 Å². The standard InChI is InChI=1S/C7H7N3S/c1-6(4-8)11-7-5-9-2-3-10-7/h2-3,5-6H,1H3. The van der Waals surface area contributed by atoms with Crippen LogP contribution in [0.15, 0.2) is 23.6 Å². The largest absolute Gasteiger partial charge is 0.260 e. The SMILES string of the molecule is CC(C#N)Sc1cnccn1. The lowest BCUT2D eigenvalue weighted by Gasteiger charge is -1.98. The van der Waals surface area contributed by atoms with Crippen molar-refractivity contribution in [2.24, 2.45) is 0 Å². The summed E-state index contributed by atoms with van der Waals surface area (Å²) in [4.78, 5) is 7.90. The van der Waals surface area contributed by atoms with E-state index in [-0.39, 0.29) is 5.25 Å². The Morgan fingerprint density at radius 1 is 1.64 bits per heavy atom. The fourth-order valence-electron chi connectivity index (χ4n) is 0.554. The lowest BCUT2D eigenvalue weighted by molar-refractivity contribution is 1.05. The second-order valence-electron chi connectivity index (χ2n) is 1.93. The van der Waals surface area contributed by atoms with E-state index < -0.39 is 0 Å². The minimum atomic E-state index is -0.0632. The van der Waals surface area contributed by atoms with Crippen molar-refractivity contribution in [2.75, 3.05) is 0 Å². The summed E-state index contributed by atoms with van der Waals surface area (Å²) in [5.41, 5.74) is 0. The third-order valence-electron chi connectivity index (χ3n) is 1.02. The van der Waals surface area contributed by atoms with Crippen LogP contribution in [0, 0.1) is 11.3 Å². The van der Waals surface area contributed by atoms with Crippen molar-refractivity contribution in [2.45, 2.75) is 17.2 Å². The molecule has 4 heteroatoms. The number of hydrogen-bond donors (Lipinski definition) is 0. The van der Waals surface area contributed by atoms with Crippen molar-refractivity contribution < 1.29 is 0 Å². The van der Waals surface area contributed by atoms with Crippen LogP contribution in [0.1, 0.15) is 6.92 Å². The van der Waals surface area contributed by atoms with Crippen LogP contribution in [0.3, 0.4) is 0 Å². The van der Waals surface area contributed by atoms with E-state index in [4.69, 9.17) is 5.26 Å². The summed E-state index contributed by atoms with van der Waals surface area (Å²) in [7, 11) is 0. The van der Waals surface area contributed by atoms with Crippen molar-refractivity contribution in [3.05, 3.63) is 18.6 Å². The zero-order chi connectivity index (χ0) is 8.10. The van der Waals surface area contributed by atoms with Crippen LogP contribution in [0.4, 0.5) is 0 Å². The summed E-state index contributed by atoms with van der Waals surface area (Å²) in [5, 5.41) is 9.21. The summed E-state index contributed by atoms with van der Waals surface area (Å²) in [5.74, 6) is 0. The van der Waals surface area contributed by atoms with Crippen LogP contribution in [0.25, 0.3) is 0 Å². The Kier molecular flexibility index (Phi) is 2.87. The van der Waals surface area contributed by atoms with E-state index >= 15 is 0 Å². The van der Waals surface area contributed by atoms with Crippen LogP contribution < -0.4 is 0 Å². The molecule has 0 amide bonds. The van der Waals surface area contributed by atoms with Crippen molar-refractivity contribution in [3.8, 4) is 6.07 Å². The lowest BCUT2D eigenvalue weighted by atomic mass is 10.5. The summed E-state index contributed by atoms with van der Waals surface area (Å²) in [6, 6.07) is 2.11. The van der Waals surface area contributed by atoms with Crippen molar-refractivity contribution in [3.63, 3.8) is 0 Å². The van der Waals surface area contributed by atoms with Gasteiger partial charge in [-0.2, -0.15) is 5.26 Å². The van der Waals surface area contributed by atoms with E-state index in [0.717, 1.165) is 5.03 Å². The van der Waals surface area contributed by atoms with Gasteiger partial charge in [-0.3, -0.25) is 4.98 Å². The van der Waals surface area contributed by atoms with Crippen LogP contribution in [-0.4, -0.2) is 15.2 Å². The van der Waals surface area contributed by atoms with Gasteiger partial charge in [-0.1, -0.05) is 11.8 Å². The van der Waals surface area contributed by atoms with E-state index in [1.807, 2.05) is 6.92 Å². The molecular weight excluding hydrogens is 158 g/mol. The maximum absolute atomic E-state index is 8.48. The van der Waals surface area contributed by atoms with Gasteiger partial charge < -0.3 is 0 Å². The first-order chi connectivity index (χ1) is 5.33. The van der Waals surface area contributed by atoms with Gasteiger partial charge in [-0.05, 0) is 6.92 Å². The van der Waals surface area contributed by atoms with E-state index in [0.29, 0.717) is 0 Å². The maximum Gasteiger partial charge on any atom is 0.116 e. The number of hydrogen-bond acceptors (Lipinski definition) is 4. The second kappa shape index (κ2) is 3.94. The first-order valence-electron chi connectivity index (χ1n) is 3.15. The molecule has 0 N–H and O–H groups in total. The summed E-state index contributed by atoms with van der Waals surface area (Å²) in [6.07, 6.45) is 4.88. The van der Waals surface area contributed by atoms with Crippen LogP contribution in [0.2, 0.25) is 0 Å². The topological polar surface area (TPSA) is 49.6 Å². The number of aromatic nitrogens is 2. The van der Waals surface area contributed by atoms with E-state index in [1.165, 1.54) is 11.8 Å². The Morgan fingerprint density at radius 3 is 3.00 bits per heavy atom. The second-order valence-corrected chi connectivity index (χ2v) is 3.29. The number of rotatable bonds is 2. The number of nitrogens with zero attached hydrogens (tertiary/aromatic N) is 3. The first-order valence-corrected chi connectivity index (χ1v) is 4.03. The average Bonchev–Trinajstić information content (AvgIpc) is 2.06. The van der Waals surface area contributed by atoms with Gasteiger partial charge in [0.25, 0.3) is 0 Å². The summed E-state index contributed by atoms with van der Waals surface area (Å²) < 4.78 is 0. The molecule has 1 aromatic rings. The molecule has 1 unspecified atom stereocenters. The molecule has 0 aromatic carbocycles. The van der Waals surface area contributed by atoms with E-state index in [9.17, 15) is 0 Å². The maximum atomic E-state index is 8.48. The van der Waals surface area contributed by atoms with Crippen molar-refractivity contribution in [1.29, 1.82) is 5.26 Å². The van der Waals surface area contributed by atoms with Gasteiger partial charge in [0.1, 0.15) is 5.03 Å². The molecule has 3 nitrogen and oxygen atoms in total. The molecule has 0 saturated carbocycles. The molecular formula is C7H7N3S. The van der Waals surface area contributed by atoms with Gasteiger partial charge in [0, 0.05) is 12.4 Å². The molecule has 0 aliphatic rings. The minimum Gasteiger partial charge on any atom is -0.260 e. The Bertz CT molecular complexity index is 254. The van der Waals surface area contributed by atoms with Gasteiger partial charge >= 0.3 is 0 Å². The lowest BCUT2D eigenvalue weighted by Crippen LogP contribution is -1.91. The monoisotopic (exact) mass is 165 g/mol. The fraction of sp³-hybridized carbons (Fsp3) is 0.286. The highest BCUT2D eigenvalue weighted by atomic mass is 32.2. The minimum absolute atomic E-state index is 0.0632. The van der Waals surface area contributed by atoms with Crippen molar-refractivity contribution >= 4 is 11.8 Å². The molecule has 0 aliphatic carbocycles. The summed E-state index contributed by atoms with van der Waals surface area (Å²) in [6.45, 7) is 1.83. The van der Waals surface area contributed by atoms with Gasteiger partial charge in [0.2, 0.25) is 0 Å². The Labute approximate surface area is 69.5 Å². The molecule has 11 heavy (non-hydrogen) atoms. The van der Waals surface area contributed by atoms with Crippen LogP contribution in [-0.2, 0) is 0 Å². The molecule has 0 aliphatic heterocycles. The fourth-order valence-corrected chi connectivity index (χ4v) is 1.21. The van der Waals surface area contributed by atoms with Crippen LogP contribution >= 0.6 is 11.8 Å². The molecule has 0 spiro atoms. The Balaban J connectivity index is 2.60. The molecule has 1 aromatic heterocycles. The molecule has 1 heterocycles. The number of thioether (sulfide) groups is 1. The third kappa shape index (κ3) is 2.56. The van der Waals surface area contributed by atoms with E-state index in [2.05, 4.69) is 16.0 Å². The van der Waals surface area contributed by atoms with Crippen LogP contribution in [0.5, 0.6) is 0 Å².